The second-order valence-electron chi connectivity index (χ2n) is 6.13. The number of hydrogen-bond donors (Lipinski definition) is 0. The van der Waals surface area contributed by atoms with Gasteiger partial charge in [0.15, 0.2) is 0 Å². The molecule has 0 N–H and O–H groups in total. The number of benzene rings is 2. The maximum Gasteiger partial charge on any atom is 0.127 e. The van der Waals surface area contributed by atoms with Crippen LogP contribution in [-0.4, -0.2) is 11.0 Å². The van der Waals surface area contributed by atoms with E-state index in [4.69, 9.17) is 4.74 Å². The molecule has 1 aromatic heterocycles. The van der Waals surface area contributed by atoms with Gasteiger partial charge >= 0.3 is 0 Å². The lowest BCUT2D eigenvalue weighted by molar-refractivity contribution is -0.255. The van der Waals surface area contributed by atoms with E-state index >= 15 is 0 Å². The van der Waals surface area contributed by atoms with Crippen molar-refractivity contribution in [1.82, 2.24) is 4.98 Å². The van der Waals surface area contributed by atoms with Crippen LogP contribution in [0.25, 0.3) is 5.57 Å². The molecule has 1 aliphatic rings. The first kappa shape index (κ1) is 16.1. The molecule has 2 heterocycles. The summed E-state index contributed by atoms with van der Waals surface area (Å²) in [5.41, 5.74) is 5.06. The van der Waals surface area contributed by atoms with Crippen molar-refractivity contribution in [2.75, 3.05) is 0 Å². The first-order chi connectivity index (χ1) is 12.7. The number of ether oxygens (including phenoxy) is 1. The third-order valence-electron chi connectivity index (χ3n) is 4.46. The summed E-state index contributed by atoms with van der Waals surface area (Å²) in [5.74, 6) is -0.527. The van der Waals surface area contributed by atoms with Gasteiger partial charge in [0, 0.05) is 18.0 Å². The Kier molecular flexibility index (Phi) is 4.23. The van der Waals surface area contributed by atoms with E-state index in [9.17, 15) is 9.90 Å². The van der Waals surface area contributed by atoms with E-state index in [1.807, 2.05) is 42.6 Å². The summed E-state index contributed by atoms with van der Waals surface area (Å²) in [6.45, 7) is 0.443. The van der Waals surface area contributed by atoms with Crippen LogP contribution in [0.2, 0.25) is 0 Å². The third kappa shape index (κ3) is 3.09. The molecular formula is C22H16NO3-. The fourth-order valence-corrected chi connectivity index (χ4v) is 3.16. The van der Waals surface area contributed by atoms with Crippen LogP contribution in [0.4, 0.5) is 0 Å². The standard InChI is InChI=1S/C22H17NO3/c24-22(25)16-8-10-21-20(12-16)19(9-7-15-4-3-11-23-13-15)18-6-2-1-5-17(18)14-26-21/h1-6,8-13H,7,14H2,(H,24,25)/p-1/b19-9+. The number of fused-ring (bicyclic) bond motifs is 2. The number of carboxylic acid groups (broad SMARTS) is 1. The Morgan fingerprint density at radius 2 is 2.00 bits per heavy atom. The second-order valence-corrected chi connectivity index (χ2v) is 6.13. The highest BCUT2D eigenvalue weighted by atomic mass is 16.5. The van der Waals surface area contributed by atoms with E-state index in [0.717, 1.165) is 27.8 Å². The summed E-state index contributed by atoms with van der Waals surface area (Å²) < 4.78 is 5.93. The number of rotatable bonds is 3. The topological polar surface area (TPSA) is 62.2 Å². The fraction of sp³-hybridized carbons (Fsp3) is 0.0909. The van der Waals surface area contributed by atoms with Gasteiger partial charge in [0.25, 0.3) is 0 Å². The average Bonchev–Trinajstić information content (AvgIpc) is 2.83. The molecule has 0 amide bonds. The van der Waals surface area contributed by atoms with Gasteiger partial charge in [-0.2, -0.15) is 0 Å². The van der Waals surface area contributed by atoms with Crippen molar-refractivity contribution in [2.24, 2.45) is 0 Å². The molecule has 4 nitrogen and oxygen atoms in total. The van der Waals surface area contributed by atoms with Crippen molar-refractivity contribution in [3.63, 3.8) is 0 Å². The zero-order valence-electron chi connectivity index (χ0n) is 14.0. The number of carbonyl (C=O) groups is 1. The molecule has 0 fully saturated rings. The molecule has 3 aromatic rings. The van der Waals surface area contributed by atoms with Crippen LogP contribution in [0.1, 0.15) is 32.6 Å². The maximum absolute atomic E-state index is 11.3. The van der Waals surface area contributed by atoms with Crippen LogP contribution < -0.4 is 9.84 Å². The van der Waals surface area contributed by atoms with Crippen molar-refractivity contribution < 1.29 is 14.6 Å². The molecule has 0 saturated carbocycles. The number of aromatic carboxylic acids is 1. The Morgan fingerprint density at radius 1 is 1.12 bits per heavy atom. The van der Waals surface area contributed by atoms with Crippen molar-refractivity contribution >= 4 is 11.5 Å². The van der Waals surface area contributed by atoms with Crippen LogP contribution in [0, 0.1) is 0 Å². The van der Waals surface area contributed by atoms with Gasteiger partial charge < -0.3 is 14.6 Å². The van der Waals surface area contributed by atoms with Crippen molar-refractivity contribution in [2.45, 2.75) is 13.0 Å². The monoisotopic (exact) mass is 342 g/mol. The quantitative estimate of drug-likeness (QED) is 0.734. The number of pyridine rings is 1. The highest BCUT2D eigenvalue weighted by Crippen LogP contribution is 2.37. The Bertz CT molecular complexity index is 993. The molecule has 1 aliphatic heterocycles. The average molecular weight is 342 g/mol. The summed E-state index contributed by atoms with van der Waals surface area (Å²) in [7, 11) is 0. The van der Waals surface area contributed by atoms with E-state index in [-0.39, 0.29) is 5.56 Å². The van der Waals surface area contributed by atoms with E-state index < -0.39 is 5.97 Å². The minimum Gasteiger partial charge on any atom is -0.545 e. The predicted octanol–water partition coefficient (Wildman–Crippen LogP) is 3.01. The predicted molar refractivity (Wildman–Crippen MR) is 96.6 cm³/mol. The van der Waals surface area contributed by atoms with Crippen molar-refractivity contribution in [3.05, 3.63) is 101 Å². The third-order valence-corrected chi connectivity index (χ3v) is 4.46. The minimum absolute atomic E-state index is 0.138. The van der Waals surface area contributed by atoms with Gasteiger partial charge in [0.2, 0.25) is 0 Å². The van der Waals surface area contributed by atoms with Gasteiger partial charge in [0.1, 0.15) is 12.4 Å². The SMILES string of the molecule is O=C([O-])c1ccc2c(c1)/C(=C/Cc1cccnc1)c1ccccc1CO2. The molecule has 0 unspecified atom stereocenters. The summed E-state index contributed by atoms with van der Waals surface area (Å²) in [6.07, 6.45) is 6.36. The second kappa shape index (κ2) is 6.84. The number of carboxylic acids is 1. The zero-order valence-corrected chi connectivity index (χ0v) is 14.0. The highest BCUT2D eigenvalue weighted by Gasteiger charge is 2.19. The Morgan fingerprint density at radius 3 is 2.81 bits per heavy atom. The van der Waals surface area contributed by atoms with Crippen molar-refractivity contribution in [3.8, 4) is 5.75 Å². The maximum atomic E-state index is 11.3. The number of aromatic nitrogens is 1. The van der Waals surface area contributed by atoms with Crippen LogP contribution >= 0.6 is 0 Å². The molecule has 0 atom stereocenters. The Labute approximate surface area is 151 Å². The lowest BCUT2D eigenvalue weighted by Gasteiger charge is -2.13. The van der Waals surface area contributed by atoms with E-state index in [1.54, 1.807) is 18.3 Å². The number of carbonyl (C=O) groups excluding carboxylic acids is 1. The Balaban J connectivity index is 1.87. The smallest absolute Gasteiger partial charge is 0.127 e. The normalized spacial score (nSPS) is 14.1. The highest BCUT2D eigenvalue weighted by molar-refractivity contribution is 5.91. The van der Waals surface area contributed by atoms with Gasteiger partial charge in [-0.1, -0.05) is 36.4 Å². The van der Waals surface area contributed by atoms with E-state index in [1.165, 1.54) is 6.07 Å². The molecular weight excluding hydrogens is 326 g/mol. The zero-order chi connectivity index (χ0) is 17.9. The molecule has 26 heavy (non-hydrogen) atoms. The summed E-state index contributed by atoms with van der Waals surface area (Å²) >= 11 is 0. The number of nitrogens with zero attached hydrogens (tertiary/aromatic N) is 1. The molecule has 0 aliphatic carbocycles. The largest absolute Gasteiger partial charge is 0.545 e. The van der Waals surface area contributed by atoms with Gasteiger partial charge in [-0.25, -0.2) is 0 Å². The first-order valence-corrected chi connectivity index (χ1v) is 8.38. The van der Waals surface area contributed by atoms with Crippen LogP contribution in [0.5, 0.6) is 5.75 Å². The van der Waals surface area contributed by atoms with E-state index in [2.05, 4.69) is 11.1 Å². The summed E-state index contributed by atoms with van der Waals surface area (Å²) in [6, 6.07) is 16.8. The van der Waals surface area contributed by atoms with Gasteiger partial charge in [-0.3, -0.25) is 4.98 Å². The van der Waals surface area contributed by atoms with E-state index in [0.29, 0.717) is 18.8 Å². The number of hydrogen-bond acceptors (Lipinski definition) is 4. The summed E-state index contributed by atoms with van der Waals surface area (Å²) in [5, 5.41) is 11.3. The lowest BCUT2D eigenvalue weighted by atomic mass is 9.92. The number of allylic oxidation sites excluding steroid dienone is 1. The molecule has 0 saturated heterocycles. The summed E-state index contributed by atoms with van der Waals surface area (Å²) in [4.78, 5) is 15.5. The van der Waals surface area contributed by atoms with Crippen LogP contribution in [-0.2, 0) is 13.0 Å². The Hall–Kier alpha value is -3.40. The van der Waals surface area contributed by atoms with Gasteiger partial charge in [0.05, 0.1) is 5.97 Å². The molecule has 128 valence electrons. The van der Waals surface area contributed by atoms with Gasteiger partial charge in [-0.05, 0) is 58.5 Å². The molecule has 2 aromatic carbocycles. The molecule has 4 rings (SSSR count). The molecule has 0 bridgehead atoms. The molecule has 4 heteroatoms. The van der Waals surface area contributed by atoms with Crippen LogP contribution in [0.15, 0.2) is 73.1 Å². The minimum atomic E-state index is -1.20. The lowest BCUT2D eigenvalue weighted by Crippen LogP contribution is -2.22. The molecule has 0 radical (unpaired) electrons. The van der Waals surface area contributed by atoms with Crippen molar-refractivity contribution in [1.29, 1.82) is 0 Å². The molecule has 0 spiro atoms. The van der Waals surface area contributed by atoms with Crippen LogP contribution in [0.3, 0.4) is 0 Å². The fourth-order valence-electron chi connectivity index (χ4n) is 3.16. The first-order valence-electron chi connectivity index (χ1n) is 8.38. The van der Waals surface area contributed by atoms with Gasteiger partial charge in [-0.15, -0.1) is 0 Å².